The van der Waals surface area contributed by atoms with E-state index in [1.807, 2.05) is 24.3 Å². The number of nitrogens with one attached hydrogen (secondary N) is 1. The Morgan fingerprint density at radius 3 is 2.71 bits per heavy atom. The van der Waals surface area contributed by atoms with Crippen LogP contribution in [-0.2, 0) is 22.7 Å². The SMILES string of the molecule is COC(=O)c1ccc(CN2C(=O)N/C(=C\c3cccc(OCc4ccc(Br)cc4Br)c3)C2=O)o1. The van der Waals surface area contributed by atoms with Gasteiger partial charge in [-0.2, -0.15) is 0 Å². The Bertz CT molecular complexity index is 1300. The standard InChI is InChI=1S/C24H18Br2N2O6/c1-32-23(30)21-8-7-18(34-21)12-28-22(29)20(27-24(28)31)10-14-3-2-4-17(9-14)33-13-15-5-6-16(25)11-19(15)26/h2-11H,12-13H2,1H3,(H,27,31)/b20-10-. The summed E-state index contributed by atoms with van der Waals surface area (Å²) in [6.45, 7) is 0.234. The maximum absolute atomic E-state index is 12.8. The van der Waals surface area contributed by atoms with Crippen molar-refractivity contribution < 1.29 is 28.3 Å². The van der Waals surface area contributed by atoms with E-state index in [2.05, 4.69) is 41.9 Å². The van der Waals surface area contributed by atoms with E-state index < -0.39 is 17.9 Å². The van der Waals surface area contributed by atoms with Crippen molar-refractivity contribution in [2.45, 2.75) is 13.2 Å². The molecule has 4 rings (SSSR count). The van der Waals surface area contributed by atoms with Crippen LogP contribution in [0, 0.1) is 0 Å². The van der Waals surface area contributed by atoms with Gasteiger partial charge in [-0.1, -0.05) is 50.1 Å². The van der Waals surface area contributed by atoms with Crippen molar-refractivity contribution in [3.63, 3.8) is 0 Å². The van der Waals surface area contributed by atoms with Gasteiger partial charge in [0.2, 0.25) is 5.76 Å². The largest absolute Gasteiger partial charge is 0.489 e. The number of furan rings is 1. The molecule has 3 amide bonds. The van der Waals surface area contributed by atoms with Crippen molar-refractivity contribution in [1.29, 1.82) is 0 Å². The number of imide groups is 1. The molecule has 0 atom stereocenters. The predicted molar refractivity (Wildman–Crippen MR) is 130 cm³/mol. The zero-order valence-corrected chi connectivity index (χ0v) is 21.0. The van der Waals surface area contributed by atoms with E-state index in [-0.39, 0.29) is 23.8 Å². The molecule has 2 heterocycles. The number of esters is 1. The number of carbonyl (C=O) groups excluding carboxylic acids is 3. The van der Waals surface area contributed by atoms with Crippen molar-refractivity contribution in [2.24, 2.45) is 0 Å². The van der Waals surface area contributed by atoms with Crippen LogP contribution in [0.15, 0.2) is 73.7 Å². The van der Waals surface area contributed by atoms with Crippen LogP contribution in [-0.4, -0.2) is 29.9 Å². The number of rotatable bonds is 7. The lowest BCUT2D eigenvalue weighted by atomic mass is 10.1. The molecular formula is C24H18Br2N2O6. The number of carbonyl (C=O) groups is 3. The first-order valence-corrected chi connectivity index (χ1v) is 11.6. The third-order valence-corrected chi connectivity index (χ3v) is 6.13. The summed E-state index contributed by atoms with van der Waals surface area (Å²) in [5.74, 6) is -0.263. The minimum Gasteiger partial charge on any atom is -0.489 e. The molecule has 34 heavy (non-hydrogen) atoms. The monoisotopic (exact) mass is 588 g/mol. The second kappa shape index (κ2) is 10.3. The van der Waals surface area contributed by atoms with Crippen molar-refractivity contribution in [3.8, 4) is 5.75 Å². The van der Waals surface area contributed by atoms with Crippen LogP contribution in [0.25, 0.3) is 6.08 Å². The Kier molecular flexibility index (Phi) is 7.18. The van der Waals surface area contributed by atoms with Gasteiger partial charge < -0.3 is 19.2 Å². The number of amides is 3. The fraction of sp³-hybridized carbons (Fsp3) is 0.125. The number of urea groups is 1. The summed E-state index contributed by atoms with van der Waals surface area (Å²) in [7, 11) is 1.23. The smallest absolute Gasteiger partial charge is 0.373 e. The molecule has 10 heteroatoms. The molecule has 8 nitrogen and oxygen atoms in total. The highest BCUT2D eigenvalue weighted by atomic mass is 79.9. The molecule has 1 aromatic heterocycles. The quantitative estimate of drug-likeness (QED) is 0.229. The molecule has 0 unspecified atom stereocenters. The highest BCUT2D eigenvalue weighted by molar-refractivity contribution is 9.11. The van der Waals surface area contributed by atoms with Gasteiger partial charge in [0.25, 0.3) is 5.91 Å². The maximum Gasteiger partial charge on any atom is 0.373 e. The third kappa shape index (κ3) is 5.40. The van der Waals surface area contributed by atoms with Crippen LogP contribution in [0.4, 0.5) is 4.79 Å². The number of halogens is 2. The zero-order valence-electron chi connectivity index (χ0n) is 17.8. The molecule has 3 aromatic rings. The lowest BCUT2D eigenvalue weighted by Crippen LogP contribution is -2.30. The van der Waals surface area contributed by atoms with Crippen molar-refractivity contribution in [2.75, 3.05) is 7.11 Å². The number of nitrogens with zero attached hydrogens (tertiary/aromatic N) is 1. The summed E-state index contributed by atoms with van der Waals surface area (Å²) >= 11 is 6.94. The fourth-order valence-electron chi connectivity index (χ4n) is 3.20. The second-order valence-electron chi connectivity index (χ2n) is 7.23. The van der Waals surface area contributed by atoms with Crippen molar-refractivity contribution in [3.05, 3.63) is 91.9 Å². The molecule has 0 spiro atoms. The van der Waals surface area contributed by atoms with Gasteiger partial charge in [0.05, 0.1) is 13.7 Å². The lowest BCUT2D eigenvalue weighted by molar-refractivity contribution is -0.123. The molecule has 0 radical (unpaired) electrons. The Balaban J connectivity index is 1.44. The molecule has 1 aliphatic heterocycles. The lowest BCUT2D eigenvalue weighted by Gasteiger charge is -2.09. The molecule has 0 saturated carbocycles. The molecule has 1 saturated heterocycles. The normalized spacial score (nSPS) is 14.4. The molecule has 2 aromatic carbocycles. The van der Waals surface area contributed by atoms with Crippen LogP contribution >= 0.6 is 31.9 Å². The maximum atomic E-state index is 12.8. The van der Waals surface area contributed by atoms with Gasteiger partial charge in [-0.3, -0.25) is 9.69 Å². The summed E-state index contributed by atoms with van der Waals surface area (Å²) in [4.78, 5) is 37.7. The molecule has 0 aliphatic carbocycles. The molecule has 1 N–H and O–H groups in total. The Morgan fingerprint density at radius 1 is 1.12 bits per heavy atom. The van der Waals surface area contributed by atoms with E-state index in [9.17, 15) is 14.4 Å². The van der Waals surface area contributed by atoms with Crippen LogP contribution in [0.3, 0.4) is 0 Å². The number of benzene rings is 2. The van der Waals surface area contributed by atoms with Crippen LogP contribution in [0.5, 0.6) is 5.75 Å². The van der Waals surface area contributed by atoms with Gasteiger partial charge in [-0.25, -0.2) is 9.59 Å². The van der Waals surface area contributed by atoms with Gasteiger partial charge in [0.1, 0.15) is 23.8 Å². The van der Waals surface area contributed by atoms with E-state index in [1.54, 1.807) is 24.3 Å². The van der Waals surface area contributed by atoms with Crippen molar-refractivity contribution >= 4 is 55.8 Å². The van der Waals surface area contributed by atoms with Gasteiger partial charge in [-0.15, -0.1) is 0 Å². The Labute approximate surface area is 211 Å². The number of hydrogen-bond acceptors (Lipinski definition) is 6. The van der Waals surface area contributed by atoms with E-state index >= 15 is 0 Å². The number of hydrogen-bond donors (Lipinski definition) is 1. The Hall–Kier alpha value is -3.37. The summed E-state index contributed by atoms with van der Waals surface area (Å²) in [5.41, 5.74) is 1.79. The van der Waals surface area contributed by atoms with E-state index in [4.69, 9.17) is 9.15 Å². The second-order valence-corrected chi connectivity index (χ2v) is 9.00. The fourth-order valence-corrected chi connectivity index (χ4v) is 4.37. The third-order valence-electron chi connectivity index (χ3n) is 4.90. The van der Waals surface area contributed by atoms with Crippen LogP contribution in [0.2, 0.25) is 0 Å². The van der Waals surface area contributed by atoms with Gasteiger partial charge in [0.15, 0.2) is 0 Å². The van der Waals surface area contributed by atoms with Gasteiger partial charge in [-0.05, 0) is 48.0 Å². The van der Waals surface area contributed by atoms with Crippen molar-refractivity contribution in [1.82, 2.24) is 10.2 Å². The molecule has 174 valence electrons. The molecular weight excluding hydrogens is 572 g/mol. The highest BCUT2D eigenvalue weighted by Crippen LogP contribution is 2.25. The average Bonchev–Trinajstić information content (AvgIpc) is 3.39. The first-order valence-electron chi connectivity index (χ1n) is 10.0. The minimum atomic E-state index is -0.640. The first-order chi connectivity index (χ1) is 16.3. The van der Waals surface area contributed by atoms with Crippen LogP contribution < -0.4 is 10.1 Å². The average molecular weight is 590 g/mol. The zero-order chi connectivity index (χ0) is 24.2. The summed E-state index contributed by atoms with van der Waals surface area (Å²) in [5, 5.41) is 2.57. The topological polar surface area (TPSA) is 98.1 Å². The van der Waals surface area contributed by atoms with E-state index in [0.29, 0.717) is 17.9 Å². The van der Waals surface area contributed by atoms with Crippen LogP contribution in [0.1, 0.15) is 27.4 Å². The van der Waals surface area contributed by atoms with E-state index in [0.717, 1.165) is 19.4 Å². The number of ether oxygens (including phenoxy) is 2. The highest BCUT2D eigenvalue weighted by Gasteiger charge is 2.34. The Morgan fingerprint density at radius 2 is 1.94 bits per heavy atom. The molecule has 1 aliphatic rings. The number of methoxy groups -OCH3 is 1. The molecule has 1 fully saturated rings. The summed E-state index contributed by atoms with van der Waals surface area (Å²) < 4.78 is 17.7. The predicted octanol–water partition coefficient (Wildman–Crippen LogP) is 5.26. The van der Waals surface area contributed by atoms with Gasteiger partial charge in [0, 0.05) is 14.5 Å². The minimum absolute atomic E-state index is 0.00713. The first kappa shape index (κ1) is 23.8. The molecule has 0 bridgehead atoms. The van der Waals surface area contributed by atoms with E-state index in [1.165, 1.54) is 19.2 Å². The summed E-state index contributed by atoms with van der Waals surface area (Å²) in [6.07, 6.45) is 1.57. The summed E-state index contributed by atoms with van der Waals surface area (Å²) in [6, 6.07) is 15.4. The van der Waals surface area contributed by atoms with Gasteiger partial charge >= 0.3 is 12.0 Å².